The summed E-state index contributed by atoms with van der Waals surface area (Å²) in [5.74, 6) is 0.406. The van der Waals surface area contributed by atoms with Gasteiger partial charge in [-0.3, -0.25) is 4.90 Å². The van der Waals surface area contributed by atoms with Gasteiger partial charge >= 0.3 is 6.09 Å². The monoisotopic (exact) mass is 348 g/mol. The molecule has 5 heteroatoms. The fraction of sp³-hybridized carbons (Fsp3) is 0.650. The number of rotatable bonds is 5. The Kier molecular flexibility index (Phi) is 5.32. The minimum atomic E-state index is -0.303. The second kappa shape index (κ2) is 7.32. The minimum absolute atomic E-state index is 0.150. The third-order valence-electron chi connectivity index (χ3n) is 5.48. The Morgan fingerprint density at radius 3 is 2.64 bits per heavy atom. The summed E-state index contributed by atoms with van der Waals surface area (Å²) < 4.78 is 19.0. The summed E-state index contributed by atoms with van der Waals surface area (Å²) in [4.78, 5) is 16.4. The zero-order valence-electron chi connectivity index (χ0n) is 15.6. The van der Waals surface area contributed by atoms with Crippen molar-refractivity contribution in [3.05, 3.63) is 35.1 Å². The van der Waals surface area contributed by atoms with Crippen molar-refractivity contribution in [2.24, 2.45) is 5.92 Å². The third-order valence-corrected chi connectivity index (χ3v) is 5.48. The summed E-state index contributed by atoms with van der Waals surface area (Å²) in [6.45, 7) is 10.4. The molecule has 2 heterocycles. The van der Waals surface area contributed by atoms with Crippen LogP contribution in [-0.4, -0.2) is 47.7 Å². The SMILES string of the molecule is Cc1cc(F)ccc1CN1CCC2(CC1)CN(CCC(C)C)C(=O)O2. The van der Waals surface area contributed by atoms with Crippen LogP contribution in [0.15, 0.2) is 18.2 Å². The van der Waals surface area contributed by atoms with Crippen molar-refractivity contribution < 1.29 is 13.9 Å². The van der Waals surface area contributed by atoms with E-state index >= 15 is 0 Å². The topological polar surface area (TPSA) is 32.8 Å². The molecular formula is C20H29FN2O2. The molecule has 0 saturated carbocycles. The number of hydrogen-bond acceptors (Lipinski definition) is 3. The van der Waals surface area contributed by atoms with Gasteiger partial charge in [0, 0.05) is 39.0 Å². The van der Waals surface area contributed by atoms with E-state index in [9.17, 15) is 9.18 Å². The Morgan fingerprint density at radius 2 is 2.00 bits per heavy atom. The molecule has 0 unspecified atom stereocenters. The molecule has 2 aliphatic rings. The van der Waals surface area contributed by atoms with Crippen molar-refractivity contribution in [2.45, 2.75) is 52.2 Å². The highest BCUT2D eigenvalue weighted by atomic mass is 19.1. The van der Waals surface area contributed by atoms with Crippen molar-refractivity contribution in [3.63, 3.8) is 0 Å². The lowest BCUT2D eigenvalue weighted by atomic mass is 9.91. The Bertz CT molecular complexity index is 624. The van der Waals surface area contributed by atoms with E-state index in [0.717, 1.165) is 57.5 Å². The molecule has 4 nitrogen and oxygen atoms in total. The molecule has 3 rings (SSSR count). The molecule has 2 saturated heterocycles. The van der Waals surface area contributed by atoms with Gasteiger partial charge in [-0.25, -0.2) is 9.18 Å². The largest absolute Gasteiger partial charge is 0.441 e. The van der Waals surface area contributed by atoms with Crippen LogP contribution in [0.5, 0.6) is 0 Å². The maximum Gasteiger partial charge on any atom is 0.410 e. The van der Waals surface area contributed by atoms with Gasteiger partial charge in [-0.15, -0.1) is 0 Å². The quantitative estimate of drug-likeness (QED) is 0.807. The minimum Gasteiger partial charge on any atom is -0.441 e. The first kappa shape index (κ1) is 18.2. The van der Waals surface area contributed by atoms with Gasteiger partial charge in [0.25, 0.3) is 0 Å². The van der Waals surface area contributed by atoms with Crippen LogP contribution in [0.3, 0.4) is 0 Å². The molecule has 1 amide bonds. The average molecular weight is 348 g/mol. The molecule has 0 bridgehead atoms. The number of benzene rings is 1. The Balaban J connectivity index is 1.54. The predicted molar refractivity (Wildman–Crippen MR) is 95.9 cm³/mol. The highest BCUT2D eigenvalue weighted by molar-refractivity contribution is 5.70. The van der Waals surface area contributed by atoms with E-state index in [1.54, 1.807) is 6.07 Å². The van der Waals surface area contributed by atoms with Crippen molar-refractivity contribution >= 4 is 6.09 Å². The molecule has 138 valence electrons. The summed E-state index contributed by atoms with van der Waals surface area (Å²) in [5, 5.41) is 0. The number of nitrogens with zero attached hydrogens (tertiary/aromatic N) is 2. The molecule has 2 fully saturated rings. The molecule has 0 atom stereocenters. The number of likely N-dealkylation sites (tertiary alicyclic amines) is 1. The number of ether oxygens (including phenoxy) is 1. The van der Waals surface area contributed by atoms with Crippen LogP contribution in [0.4, 0.5) is 9.18 Å². The molecular weight excluding hydrogens is 319 g/mol. The van der Waals surface area contributed by atoms with Gasteiger partial charge in [-0.1, -0.05) is 19.9 Å². The number of piperidine rings is 1. The summed E-state index contributed by atoms with van der Waals surface area (Å²) in [6.07, 6.45) is 2.61. The van der Waals surface area contributed by atoms with Crippen molar-refractivity contribution in [1.29, 1.82) is 0 Å². The second-order valence-corrected chi connectivity index (χ2v) is 8.00. The zero-order chi connectivity index (χ0) is 18.0. The first-order valence-electron chi connectivity index (χ1n) is 9.32. The smallest absolute Gasteiger partial charge is 0.410 e. The summed E-state index contributed by atoms with van der Waals surface area (Å²) >= 11 is 0. The summed E-state index contributed by atoms with van der Waals surface area (Å²) in [6, 6.07) is 4.99. The molecule has 0 aromatic heterocycles. The second-order valence-electron chi connectivity index (χ2n) is 8.00. The van der Waals surface area contributed by atoms with Gasteiger partial charge in [-0.05, 0) is 42.5 Å². The van der Waals surface area contributed by atoms with E-state index < -0.39 is 0 Å². The van der Waals surface area contributed by atoms with Gasteiger partial charge in [0.1, 0.15) is 11.4 Å². The van der Waals surface area contributed by atoms with Crippen LogP contribution in [0.25, 0.3) is 0 Å². The lowest BCUT2D eigenvalue weighted by Gasteiger charge is -2.37. The maximum absolute atomic E-state index is 13.2. The van der Waals surface area contributed by atoms with Crippen molar-refractivity contribution in [2.75, 3.05) is 26.2 Å². The van der Waals surface area contributed by atoms with E-state index in [-0.39, 0.29) is 17.5 Å². The zero-order valence-corrected chi connectivity index (χ0v) is 15.6. The van der Waals surface area contributed by atoms with Crippen LogP contribution >= 0.6 is 0 Å². The van der Waals surface area contributed by atoms with Crippen LogP contribution < -0.4 is 0 Å². The van der Waals surface area contributed by atoms with Gasteiger partial charge in [0.15, 0.2) is 0 Å². The van der Waals surface area contributed by atoms with Crippen molar-refractivity contribution in [3.8, 4) is 0 Å². The number of carbonyl (C=O) groups excluding carboxylic acids is 1. The molecule has 0 aliphatic carbocycles. The predicted octanol–water partition coefficient (Wildman–Crippen LogP) is 3.97. The standard InChI is InChI=1S/C20H29FN2O2/c1-15(2)6-9-23-14-20(25-19(23)24)7-10-22(11-8-20)13-17-4-5-18(21)12-16(17)3/h4-5,12,15H,6-11,13-14H2,1-3H3. The number of aryl methyl sites for hydroxylation is 1. The fourth-order valence-corrected chi connectivity index (χ4v) is 3.74. The molecule has 25 heavy (non-hydrogen) atoms. The van der Waals surface area contributed by atoms with Gasteiger partial charge < -0.3 is 9.64 Å². The first-order chi connectivity index (χ1) is 11.9. The lowest BCUT2D eigenvalue weighted by Crippen LogP contribution is -2.46. The van der Waals surface area contributed by atoms with E-state index in [1.807, 2.05) is 17.9 Å². The lowest BCUT2D eigenvalue weighted by molar-refractivity contribution is -0.00128. The van der Waals surface area contributed by atoms with E-state index in [0.29, 0.717) is 5.92 Å². The highest BCUT2D eigenvalue weighted by Gasteiger charge is 2.46. The first-order valence-corrected chi connectivity index (χ1v) is 9.32. The normalized spacial score (nSPS) is 20.5. The van der Waals surface area contributed by atoms with Crippen molar-refractivity contribution in [1.82, 2.24) is 9.80 Å². The number of halogens is 1. The van der Waals surface area contributed by atoms with E-state index in [4.69, 9.17) is 4.74 Å². The molecule has 1 aromatic carbocycles. The van der Waals surface area contributed by atoms with Crippen LogP contribution in [-0.2, 0) is 11.3 Å². The summed E-state index contributed by atoms with van der Waals surface area (Å²) in [5.41, 5.74) is 1.86. The van der Waals surface area contributed by atoms with Gasteiger partial charge in [-0.2, -0.15) is 0 Å². The Morgan fingerprint density at radius 1 is 1.28 bits per heavy atom. The molecule has 2 aliphatic heterocycles. The molecule has 0 radical (unpaired) electrons. The number of amides is 1. The molecule has 1 spiro atoms. The van der Waals surface area contributed by atoms with Crippen LogP contribution in [0, 0.1) is 18.7 Å². The molecule has 0 N–H and O–H groups in total. The maximum atomic E-state index is 13.2. The fourth-order valence-electron chi connectivity index (χ4n) is 3.74. The van der Waals surface area contributed by atoms with Gasteiger partial charge in [0.05, 0.1) is 6.54 Å². The summed E-state index contributed by atoms with van der Waals surface area (Å²) in [7, 11) is 0. The molecule has 1 aromatic rings. The highest BCUT2D eigenvalue weighted by Crippen LogP contribution is 2.34. The van der Waals surface area contributed by atoms with Gasteiger partial charge in [0.2, 0.25) is 0 Å². The van der Waals surface area contributed by atoms with E-state index in [1.165, 1.54) is 11.6 Å². The Labute approximate surface area is 149 Å². The average Bonchev–Trinajstić information content (AvgIpc) is 2.86. The number of hydrogen-bond donors (Lipinski definition) is 0. The number of carbonyl (C=O) groups is 1. The third kappa shape index (κ3) is 4.32. The van der Waals surface area contributed by atoms with Crippen LogP contribution in [0.2, 0.25) is 0 Å². The Hall–Kier alpha value is -1.62. The van der Waals surface area contributed by atoms with Crippen LogP contribution in [0.1, 0.15) is 44.2 Å². The van der Waals surface area contributed by atoms with E-state index in [2.05, 4.69) is 18.7 Å².